The molecule has 2 aromatic heterocycles. The number of nitrogens with zero attached hydrogens (tertiary/aromatic N) is 4. The topological polar surface area (TPSA) is 88.1 Å². The zero-order valence-corrected chi connectivity index (χ0v) is 14.5. The van der Waals surface area contributed by atoms with Gasteiger partial charge in [0.25, 0.3) is 0 Å². The van der Waals surface area contributed by atoms with Crippen molar-refractivity contribution in [2.24, 2.45) is 5.92 Å². The monoisotopic (exact) mass is 339 g/mol. The lowest BCUT2D eigenvalue weighted by Gasteiger charge is -2.27. The van der Waals surface area contributed by atoms with Crippen molar-refractivity contribution < 1.29 is 9.47 Å². The van der Waals surface area contributed by atoms with E-state index in [1.807, 2.05) is 18.4 Å². The van der Waals surface area contributed by atoms with E-state index < -0.39 is 4.87 Å². The molecule has 23 heavy (non-hydrogen) atoms. The van der Waals surface area contributed by atoms with Gasteiger partial charge in [-0.15, -0.1) is 11.6 Å². The summed E-state index contributed by atoms with van der Waals surface area (Å²) in [6, 6.07) is 0. The van der Waals surface area contributed by atoms with Crippen LogP contribution in [0.5, 0.6) is 5.88 Å². The molecule has 3 heterocycles. The van der Waals surface area contributed by atoms with Gasteiger partial charge < -0.3 is 15.2 Å². The predicted molar refractivity (Wildman–Crippen MR) is 88.5 cm³/mol. The van der Waals surface area contributed by atoms with E-state index >= 15 is 0 Å². The molecular formula is C15H22ClN5O2. The van der Waals surface area contributed by atoms with Crippen LogP contribution in [0, 0.1) is 5.92 Å². The summed E-state index contributed by atoms with van der Waals surface area (Å²) in [5.74, 6) is 0.710. The molecule has 7 nitrogen and oxygen atoms in total. The van der Waals surface area contributed by atoms with E-state index in [1.165, 1.54) is 0 Å². The molecular weight excluding hydrogens is 318 g/mol. The van der Waals surface area contributed by atoms with Crippen LogP contribution in [0.1, 0.15) is 40.3 Å². The van der Waals surface area contributed by atoms with Crippen LogP contribution >= 0.6 is 11.6 Å². The summed E-state index contributed by atoms with van der Waals surface area (Å²) < 4.78 is 13.5. The standard InChI is InChI=1S/C15H22ClN5O2/c1-5-9-8(3)15(4,16)13(23-9)21-7-18-10-11(21)19-14(17)20-12(10)22-6-2/h7-9,13H,5-6H2,1-4H3,(H2,17,19,20)/t8-,9-,13-,15-/m1/s1. The Kier molecular flexibility index (Phi) is 4.10. The van der Waals surface area contributed by atoms with Gasteiger partial charge in [0.05, 0.1) is 23.9 Å². The van der Waals surface area contributed by atoms with E-state index in [4.69, 9.17) is 26.8 Å². The van der Waals surface area contributed by atoms with Crippen LogP contribution in [0.2, 0.25) is 0 Å². The average Bonchev–Trinajstić information content (AvgIpc) is 3.00. The molecule has 0 radical (unpaired) electrons. The van der Waals surface area contributed by atoms with Crippen LogP contribution in [0.25, 0.3) is 11.2 Å². The number of ether oxygens (including phenoxy) is 2. The molecule has 8 heteroatoms. The molecule has 4 atom stereocenters. The van der Waals surface area contributed by atoms with Crippen molar-refractivity contribution in [2.75, 3.05) is 12.3 Å². The molecule has 1 aliphatic rings. The summed E-state index contributed by atoms with van der Waals surface area (Å²) in [5.41, 5.74) is 6.94. The third kappa shape index (κ3) is 2.52. The van der Waals surface area contributed by atoms with E-state index in [0.29, 0.717) is 23.7 Å². The van der Waals surface area contributed by atoms with Crippen molar-refractivity contribution in [1.82, 2.24) is 19.5 Å². The molecule has 1 fully saturated rings. The maximum absolute atomic E-state index is 6.81. The normalized spacial score (nSPS) is 30.9. The van der Waals surface area contributed by atoms with E-state index in [-0.39, 0.29) is 24.2 Å². The first-order valence-corrected chi connectivity index (χ1v) is 8.25. The van der Waals surface area contributed by atoms with Crippen molar-refractivity contribution in [3.8, 4) is 5.88 Å². The molecule has 0 aromatic carbocycles. The molecule has 0 aliphatic carbocycles. The van der Waals surface area contributed by atoms with Crippen LogP contribution in [0.15, 0.2) is 6.33 Å². The van der Waals surface area contributed by atoms with Gasteiger partial charge in [-0.05, 0) is 20.3 Å². The van der Waals surface area contributed by atoms with Crippen molar-refractivity contribution in [1.29, 1.82) is 0 Å². The number of fused-ring (bicyclic) bond motifs is 1. The van der Waals surface area contributed by atoms with E-state index in [0.717, 1.165) is 6.42 Å². The minimum Gasteiger partial charge on any atom is -0.476 e. The largest absolute Gasteiger partial charge is 0.476 e. The highest BCUT2D eigenvalue weighted by atomic mass is 35.5. The molecule has 1 saturated heterocycles. The SMILES string of the molecule is CCOc1nc(N)nc2c1ncn2[C@@H]1O[C@H](CC)[C@@H](C)[C@@]1(C)Cl. The van der Waals surface area contributed by atoms with Gasteiger partial charge in [0, 0.05) is 5.92 Å². The fourth-order valence-electron chi connectivity index (χ4n) is 3.11. The average molecular weight is 340 g/mol. The number of nitrogen functional groups attached to an aromatic ring is 1. The quantitative estimate of drug-likeness (QED) is 0.862. The lowest BCUT2D eigenvalue weighted by atomic mass is 9.90. The van der Waals surface area contributed by atoms with Crippen LogP contribution in [0.4, 0.5) is 5.95 Å². The van der Waals surface area contributed by atoms with Crippen LogP contribution < -0.4 is 10.5 Å². The Hall–Kier alpha value is -1.60. The third-order valence-corrected chi connectivity index (χ3v) is 5.11. The number of alkyl halides is 1. The summed E-state index contributed by atoms with van der Waals surface area (Å²) in [5, 5.41) is 0. The highest BCUT2D eigenvalue weighted by molar-refractivity contribution is 6.24. The number of hydrogen-bond acceptors (Lipinski definition) is 6. The molecule has 1 aliphatic heterocycles. The Bertz CT molecular complexity index is 717. The lowest BCUT2D eigenvalue weighted by Crippen LogP contribution is -2.32. The molecule has 2 aromatic rings. The summed E-state index contributed by atoms with van der Waals surface area (Å²) in [4.78, 5) is 12.2. The van der Waals surface area contributed by atoms with E-state index in [9.17, 15) is 0 Å². The number of aromatic nitrogens is 4. The first kappa shape index (κ1) is 16.3. The fourth-order valence-corrected chi connectivity index (χ4v) is 3.40. The van der Waals surface area contributed by atoms with Crippen molar-refractivity contribution in [3.05, 3.63) is 6.33 Å². The second-order valence-corrected chi connectivity index (χ2v) is 6.83. The van der Waals surface area contributed by atoms with Gasteiger partial charge in [-0.2, -0.15) is 9.97 Å². The summed E-state index contributed by atoms with van der Waals surface area (Å²) >= 11 is 6.81. The second-order valence-electron chi connectivity index (χ2n) is 6.02. The Labute approximate surface area is 140 Å². The number of rotatable bonds is 4. The Morgan fingerprint density at radius 1 is 1.43 bits per heavy atom. The lowest BCUT2D eigenvalue weighted by molar-refractivity contribution is -0.00882. The highest BCUT2D eigenvalue weighted by Crippen LogP contribution is 2.48. The Morgan fingerprint density at radius 3 is 2.78 bits per heavy atom. The number of hydrogen-bond donors (Lipinski definition) is 1. The molecule has 2 N–H and O–H groups in total. The Morgan fingerprint density at radius 2 is 2.17 bits per heavy atom. The van der Waals surface area contributed by atoms with Crippen molar-refractivity contribution >= 4 is 28.7 Å². The zero-order chi connectivity index (χ0) is 16.8. The molecule has 0 saturated carbocycles. The third-order valence-electron chi connectivity index (χ3n) is 4.58. The Balaban J connectivity index is 2.10. The predicted octanol–water partition coefficient (Wildman–Crippen LogP) is 2.75. The minimum atomic E-state index is -0.570. The van der Waals surface area contributed by atoms with Crippen LogP contribution in [-0.4, -0.2) is 37.1 Å². The number of anilines is 1. The summed E-state index contributed by atoms with van der Waals surface area (Å²) in [6.45, 7) is 8.54. The highest BCUT2D eigenvalue weighted by Gasteiger charge is 2.51. The first-order valence-electron chi connectivity index (χ1n) is 7.87. The van der Waals surface area contributed by atoms with Gasteiger partial charge in [0.15, 0.2) is 17.4 Å². The summed E-state index contributed by atoms with van der Waals surface area (Å²) in [7, 11) is 0. The van der Waals surface area contributed by atoms with Crippen LogP contribution in [0.3, 0.4) is 0 Å². The van der Waals surface area contributed by atoms with Gasteiger partial charge in [0.1, 0.15) is 0 Å². The van der Waals surface area contributed by atoms with Gasteiger partial charge in [-0.3, -0.25) is 4.57 Å². The number of nitrogens with two attached hydrogens (primary N) is 1. The molecule has 126 valence electrons. The van der Waals surface area contributed by atoms with Crippen LogP contribution in [-0.2, 0) is 4.74 Å². The number of halogens is 1. The van der Waals surface area contributed by atoms with Gasteiger partial charge in [-0.25, -0.2) is 4.98 Å². The molecule has 0 spiro atoms. The maximum atomic E-state index is 6.81. The minimum absolute atomic E-state index is 0.0884. The fraction of sp³-hybridized carbons (Fsp3) is 0.667. The van der Waals surface area contributed by atoms with Gasteiger partial charge in [-0.1, -0.05) is 13.8 Å². The zero-order valence-electron chi connectivity index (χ0n) is 13.8. The van der Waals surface area contributed by atoms with Gasteiger partial charge in [0.2, 0.25) is 11.8 Å². The second kappa shape index (κ2) is 5.79. The molecule has 0 unspecified atom stereocenters. The smallest absolute Gasteiger partial charge is 0.247 e. The van der Waals surface area contributed by atoms with Crippen molar-refractivity contribution in [3.63, 3.8) is 0 Å². The summed E-state index contributed by atoms with van der Waals surface area (Å²) in [6.07, 6.45) is 2.27. The molecule has 0 bridgehead atoms. The van der Waals surface area contributed by atoms with Gasteiger partial charge >= 0.3 is 0 Å². The molecule has 0 amide bonds. The number of imidazole rings is 1. The van der Waals surface area contributed by atoms with E-state index in [1.54, 1.807) is 6.33 Å². The molecule has 3 rings (SSSR count). The maximum Gasteiger partial charge on any atom is 0.247 e. The first-order chi connectivity index (χ1) is 10.9. The van der Waals surface area contributed by atoms with E-state index in [2.05, 4.69) is 28.8 Å². The van der Waals surface area contributed by atoms with Crippen molar-refractivity contribution in [2.45, 2.75) is 51.3 Å².